The van der Waals surface area contributed by atoms with Gasteiger partial charge in [-0.3, -0.25) is 14.7 Å². The average molecular weight is 607 g/mol. The number of aromatic nitrogens is 2. The minimum absolute atomic E-state index is 0.177. The molecule has 0 saturated carbocycles. The van der Waals surface area contributed by atoms with E-state index in [0.29, 0.717) is 24.9 Å². The SMILES string of the molecule is C=Nc1ccc(N(CCNC(C)C)c2cc(OC)cc(OC)c2)cc1N=C(C)c1cnn(CCO[Si](C)(C)C(C)(C)C)c1. The third kappa shape index (κ3) is 9.25. The van der Waals surface area contributed by atoms with Crippen LogP contribution in [0.15, 0.2) is 58.8 Å². The molecule has 0 fully saturated rings. The van der Waals surface area contributed by atoms with Crippen LogP contribution in [0, 0.1) is 0 Å². The second-order valence-electron chi connectivity index (χ2n) is 12.5. The zero-order chi connectivity index (χ0) is 31.8. The lowest BCUT2D eigenvalue weighted by Gasteiger charge is -2.36. The third-order valence-corrected chi connectivity index (χ3v) is 12.4. The Hall–Kier alpha value is -3.47. The highest BCUT2D eigenvalue weighted by Crippen LogP contribution is 2.38. The van der Waals surface area contributed by atoms with Crippen LogP contribution in [-0.2, 0) is 11.0 Å². The van der Waals surface area contributed by atoms with E-state index in [9.17, 15) is 0 Å². The van der Waals surface area contributed by atoms with E-state index in [1.54, 1.807) is 14.2 Å². The van der Waals surface area contributed by atoms with Crippen LogP contribution in [0.1, 0.15) is 47.1 Å². The first kappa shape index (κ1) is 34.0. The summed E-state index contributed by atoms with van der Waals surface area (Å²) in [7, 11) is 1.52. The Balaban J connectivity index is 1.90. The van der Waals surface area contributed by atoms with Crippen LogP contribution in [0.25, 0.3) is 0 Å². The monoisotopic (exact) mass is 606 g/mol. The molecule has 0 atom stereocenters. The van der Waals surface area contributed by atoms with E-state index in [4.69, 9.17) is 18.9 Å². The fourth-order valence-corrected chi connectivity index (χ4v) is 5.29. The minimum Gasteiger partial charge on any atom is -0.497 e. The molecule has 1 aromatic heterocycles. The minimum atomic E-state index is -1.80. The van der Waals surface area contributed by atoms with Gasteiger partial charge in [-0.2, -0.15) is 5.10 Å². The Labute approximate surface area is 259 Å². The van der Waals surface area contributed by atoms with Gasteiger partial charge in [-0.1, -0.05) is 34.6 Å². The van der Waals surface area contributed by atoms with Gasteiger partial charge in [0.25, 0.3) is 0 Å². The number of hydrogen-bond donors (Lipinski definition) is 1. The normalized spacial score (nSPS) is 12.5. The molecule has 0 spiro atoms. The topological polar surface area (TPSA) is 85.5 Å². The van der Waals surface area contributed by atoms with Gasteiger partial charge >= 0.3 is 0 Å². The first-order chi connectivity index (χ1) is 20.3. The number of aliphatic imine (C=N–C) groups is 2. The van der Waals surface area contributed by atoms with Crippen LogP contribution in [0.5, 0.6) is 11.5 Å². The lowest BCUT2D eigenvalue weighted by molar-refractivity contribution is 0.266. The van der Waals surface area contributed by atoms with Crippen molar-refractivity contribution in [2.45, 2.75) is 72.3 Å². The van der Waals surface area contributed by atoms with Gasteiger partial charge in [0, 0.05) is 66.2 Å². The van der Waals surface area contributed by atoms with Crippen molar-refractivity contribution < 1.29 is 13.9 Å². The van der Waals surface area contributed by atoms with Crippen molar-refractivity contribution >= 4 is 43.5 Å². The third-order valence-electron chi connectivity index (χ3n) is 7.91. The maximum atomic E-state index is 6.34. The fourth-order valence-electron chi connectivity index (χ4n) is 4.25. The molecule has 2 aromatic carbocycles. The molecule has 1 heterocycles. The molecule has 10 heteroatoms. The molecule has 0 bridgehead atoms. The summed E-state index contributed by atoms with van der Waals surface area (Å²) in [5.74, 6) is 1.45. The molecule has 3 rings (SSSR count). The van der Waals surface area contributed by atoms with E-state index in [1.165, 1.54) is 0 Å². The molecular formula is C33H50N6O3Si. The number of anilines is 2. The van der Waals surface area contributed by atoms with E-state index in [0.717, 1.165) is 52.9 Å². The molecule has 0 aliphatic rings. The van der Waals surface area contributed by atoms with Crippen LogP contribution in [0.2, 0.25) is 18.1 Å². The summed E-state index contributed by atoms with van der Waals surface area (Å²) in [6.45, 7) is 24.2. The molecule has 0 unspecified atom stereocenters. The first-order valence-corrected chi connectivity index (χ1v) is 17.8. The van der Waals surface area contributed by atoms with Crippen molar-refractivity contribution in [3.05, 3.63) is 54.4 Å². The maximum absolute atomic E-state index is 6.34. The Morgan fingerprint density at radius 3 is 2.30 bits per heavy atom. The molecule has 0 aliphatic carbocycles. The van der Waals surface area contributed by atoms with Crippen molar-refractivity contribution in [1.82, 2.24) is 15.1 Å². The van der Waals surface area contributed by atoms with Gasteiger partial charge in [-0.25, -0.2) is 0 Å². The van der Waals surface area contributed by atoms with Crippen LogP contribution in [0.3, 0.4) is 0 Å². The lowest BCUT2D eigenvalue weighted by atomic mass is 10.1. The maximum Gasteiger partial charge on any atom is 0.192 e. The number of benzene rings is 2. The largest absolute Gasteiger partial charge is 0.497 e. The quantitative estimate of drug-likeness (QED) is 0.142. The molecular weight excluding hydrogens is 556 g/mol. The van der Waals surface area contributed by atoms with Crippen LogP contribution in [0.4, 0.5) is 22.7 Å². The fraction of sp³-hybridized carbons (Fsp3) is 0.485. The van der Waals surface area contributed by atoms with Crippen molar-refractivity contribution in [2.24, 2.45) is 9.98 Å². The summed E-state index contributed by atoms with van der Waals surface area (Å²) >= 11 is 0. The number of rotatable bonds is 15. The Kier molecular flexibility index (Phi) is 11.7. The highest BCUT2D eigenvalue weighted by Gasteiger charge is 2.36. The molecule has 0 aliphatic heterocycles. The van der Waals surface area contributed by atoms with Crippen molar-refractivity contribution in [3.8, 4) is 11.5 Å². The highest BCUT2D eigenvalue weighted by molar-refractivity contribution is 6.74. The van der Waals surface area contributed by atoms with Gasteiger partial charge in [-0.05, 0) is 50.0 Å². The predicted octanol–water partition coefficient (Wildman–Crippen LogP) is 7.53. The number of methoxy groups -OCH3 is 2. The van der Waals surface area contributed by atoms with E-state index in [1.807, 2.05) is 60.4 Å². The summed E-state index contributed by atoms with van der Waals surface area (Å²) in [5, 5.41) is 8.26. The summed E-state index contributed by atoms with van der Waals surface area (Å²) < 4.78 is 19.4. The van der Waals surface area contributed by atoms with Gasteiger partial charge in [-0.15, -0.1) is 0 Å². The van der Waals surface area contributed by atoms with E-state index in [-0.39, 0.29) is 5.04 Å². The molecule has 9 nitrogen and oxygen atoms in total. The molecule has 0 radical (unpaired) electrons. The summed E-state index contributed by atoms with van der Waals surface area (Å²) in [6.07, 6.45) is 3.87. The predicted molar refractivity (Wildman–Crippen MR) is 183 cm³/mol. The molecule has 0 saturated heterocycles. The van der Waals surface area contributed by atoms with Crippen LogP contribution < -0.4 is 19.7 Å². The Bertz CT molecular complexity index is 1370. The second kappa shape index (κ2) is 14.8. The van der Waals surface area contributed by atoms with Gasteiger partial charge < -0.3 is 24.1 Å². The summed E-state index contributed by atoms with van der Waals surface area (Å²) in [4.78, 5) is 11.5. The summed E-state index contributed by atoms with van der Waals surface area (Å²) in [6, 6.07) is 12.3. The molecule has 1 N–H and O–H groups in total. The van der Waals surface area contributed by atoms with Crippen molar-refractivity contribution in [1.29, 1.82) is 0 Å². The number of nitrogens with zero attached hydrogens (tertiary/aromatic N) is 5. The van der Waals surface area contributed by atoms with Crippen LogP contribution >= 0.6 is 0 Å². The Morgan fingerprint density at radius 1 is 1.05 bits per heavy atom. The van der Waals surface area contributed by atoms with E-state index >= 15 is 0 Å². The van der Waals surface area contributed by atoms with Gasteiger partial charge in [0.2, 0.25) is 0 Å². The van der Waals surface area contributed by atoms with Gasteiger partial charge in [0.15, 0.2) is 8.32 Å². The van der Waals surface area contributed by atoms with E-state index in [2.05, 4.69) is 74.7 Å². The number of hydrogen-bond acceptors (Lipinski definition) is 8. The highest BCUT2D eigenvalue weighted by atomic mass is 28.4. The van der Waals surface area contributed by atoms with Crippen molar-refractivity contribution in [2.75, 3.05) is 38.8 Å². The first-order valence-electron chi connectivity index (χ1n) is 14.8. The smallest absolute Gasteiger partial charge is 0.192 e. The molecule has 3 aromatic rings. The number of nitrogens with one attached hydrogen (secondary N) is 1. The van der Waals surface area contributed by atoms with Gasteiger partial charge in [0.05, 0.1) is 44.9 Å². The zero-order valence-electron chi connectivity index (χ0n) is 27.7. The molecule has 43 heavy (non-hydrogen) atoms. The standard InChI is InChI=1S/C33H50N6O3Si/c1-24(2)35-14-15-39(28-18-29(40-8)21-30(19-28)41-9)27-12-13-31(34-7)32(20-27)37-25(3)26-22-36-38(23-26)16-17-42-43(10,11)33(4,5)6/h12-13,18-24,35H,7,14-17H2,1-6,8-11H3. The van der Waals surface area contributed by atoms with E-state index < -0.39 is 8.32 Å². The average Bonchev–Trinajstić information content (AvgIpc) is 3.43. The second-order valence-corrected chi connectivity index (χ2v) is 17.3. The van der Waals surface area contributed by atoms with Crippen molar-refractivity contribution in [3.63, 3.8) is 0 Å². The Morgan fingerprint density at radius 2 is 1.72 bits per heavy atom. The molecule has 0 amide bonds. The zero-order valence-corrected chi connectivity index (χ0v) is 28.7. The molecule has 234 valence electrons. The van der Waals surface area contributed by atoms with Crippen LogP contribution in [-0.4, -0.2) is 70.5 Å². The number of ether oxygens (including phenoxy) is 2. The summed E-state index contributed by atoms with van der Waals surface area (Å²) in [5.41, 5.74) is 5.16. The lowest BCUT2D eigenvalue weighted by Crippen LogP contribution is -2.41. The van der Waals surface area contributed by atoms with Gasteiger partial charge in [0.1, 0.15) is 11.5 Å².